The van der Waals surface area contributed by atoms with E-state index in [1.165, 1.54) is 18.5 Å². The van der Waals surface area contributed by atoms with Crippen LogP contribution in [0.4, 0.5) is 21.5 Å². The molecule has 4 amide bonds. The summed E-state index contributed by atoms with van der Waals surface area (Å²) in [7, 11) is 1.81. The molecule has 0 aliphatic carbocycles. The number of amides is 4. The number of aliphatic imine (C=N–C) groups is 1. The third-order valence-electron chi connectivity index (χ3n) is 11.4. The van der Waals surface area contributed by atoms with Gasteiger partial charge in [0.05, 0.1) is 94.9 Å². The van der Waals surface area contributed by atoms with Crippen LogP contribution in [0.2, 0.25) is 0 Å². The van der Waals surface area contributed by atoms with Gasteiger partial charge in [0.25, 0.3) is 11.8 Å². The van der Waals surface area contributed by atoms with Crippen molar-refractivity contribution in [3.8, 4) is 0 Å². The van der Waals surface area contributed by atoms with E-state index in [9.17, 15) is 28.4 Å². The van der Waals surface area contributed by atoms with Crippen molar-refractivity contribution in [1.82, 2.24) is 25.0 Å². The predicted octanol–water partition coefficient (Wildman–Crippen LogP) is 2.90. The number of anilines is 3. The number of rotatable bonds is 23. The van der Waals surface area contributed by atoms with Gasteiger partial charge in [-0.15, -0.1) is 0 Å². The van der Waals surface area contributed by atoms with E-state index in [2.05, 4.69) is 36.3 Å². The molecule has 342 valence electrons. The van der Waals surface area contributed by atoms with Gasteiger partial charge in [0.1, 0.15) is 30.6 Å². The lowest BCUT2D eigenvalue weighted by Gasteiger charge is -2.37. The summed E-state index contributed by atoms with van der Waals surface area (Å²) in [6.07, 6.45) is 1.64. The summed E-state index contributed by atoms with van der Waals surface area (Å²) in [4.78, 5) is 72.9. The zero-order valence-electron chi connectivity index (χ0n) is 35.8. The van der Waals surface area contributed by atoms with E-state index < -0.39 is 35.5 Å². The highest BCUT2D eigenvalue weighted by Crippen LogP contribution is 2.45. The smallest absolute Gasteiger partial charge is 0.264 e. The van der Waals surface area contributed by atoms with Gasteiger partial charge >= 0.3 is 0 Å². The Morgan fingerprint density at radius 2 is 1.43 bits per heavy atom. The number of hydrogen-bond acceptors (Lipinski definition) is 16. The summed E-state index contributed by atoms with van der Waals surface area (Å²) in [6.45, 7) is 4.94. The number of aromatic nitrogens is 3. The van der Waals surface area contributed by atoms with Crippen molar-refractivity contribution in [2.45, 2.75) is 30.8 Å². The number of imide groups is 2. The van der Waals surface area contributed by atoms with Gasteiger partial charge in [0.15, 0.2) is 5.78 Å². The van der Waals surface area contributed by atoms with E-state index in [0.29, 0.717) is 113 Å². The summed E-state index contributed by atoms with van der Waals surface area (Å²) < 4.78 is 44.4. The molecule has 4 aliphatic rings. The van der Waals surface area contributed by atoms with Crippen LogP contribution in [-0.4, -0.2) is 147 Å². The molecule has 4 aliphatic heterocycles. The molecule has 2 unspecified atom stereocenters. The van der Waals surface area contributed by atoms with Gasteiger partial charge in [-0.2, -0.15) is 5.10 Å². The highest BCUT2D eigenvalue weighted by molar-refractivity contribution is 6.25. The predicted molar refractivity (Wildman–Crippen MR) is 233 cm³/mol. The molecular weight excluding hydrogens is 846 g/mol. The third-order valence-corrected chi connectivity index (χ3v) is 11.4. The number of Topliss-reactive ketones (excluding diaryl/α,β-unsaturated/α-hetero) is 1. The van der Waals surface area contributed by atoms with Crippen molar-refractivity contribution in [3.05, 3.63) is 100 Å². The molecule has 1 saturated heterocycles. The Kier molecular flexibility index (Phi) is 14.6. The Morgan fingerprint density at radius 1 is 0.769 bits per heavy atom. The fraction of sp³-hybridized carbons (Fsp3) is 0.422. The van der Waals surface area contributed by atoms with Crippen LogP contribution in [0.15, 0.2) is 65.9 Å². The lowest BCUT2D eigenvalue weighted by atomic mass is 9.78. The second-order valence-corrected chi connectivity index (χ2v) is 15.6. The van der Waals surface area contributed by atoms with E-state index in [0.717, 1.165) is 16.2 Å². The second kappa shape index (κ2) is 21.0. The third kappa shape index (κ3) is 10.3. The molecule has 1 aromatic heterocycles. The summed E-state index contributed by atoms with van der Waals surface area (Å²) in [5.41, 5.74) is 4.90. The Labute approximate surface area is 373 Å². The van der Waals surface area contributed by atoms with Gasteiger partial charge in [0, 0.05) is 54.7 Å². The van der Waals surface area contributed by atoms with Crippen molar-refractivity contribution in [3.63, 3.8) is 0 Å². The Balaban J connectivity index is 0.646. The van der Waals surface area contributed by atoms with E-state index in [-0.39, 0.29) is 48.3 Å². The topological polar surface area (TPSA) is 226 Å². The minimum absolute atomic E-state index is 0.0475. The molecule has 5 heterocycles. The number of piperidine rings is 1. The Hall–Kier alpha value is -6.45. The molecule has 0 spiro atoms. The maximum absolute atomic E-state index is 14.6. The molecule has 1 fully saturated rings. The van der Waals surface area contributed by atoms with Gasteiger partial charge in [-0.3, -0.25) is 43.9 Å². The van der Waals surface area contributed by atoms with Crippen LogP contribution in [0.5, 0.6) is 0 Å². The van der Waals surface area contributed by atoms with Crippen molar-refractivity contribution in [1.29, 1.82) is 0 Å². The molecule has 65 heavy (non-hydrogen) atoms. The number of aryl methyl sites for hydroxylation is 1. The quantitative estimate of drug-likeness (QED) is 0.0621. The van der Waals surface area contributed by atoms with Gasteiger partial charge in [0.2, 0.25) is 11.8 Å². The van der Waals surface area contributed by atoms with Crippen LogP contribution in [0.1, 0.15) is 72.8 Å². The van der Waals surface area contributed by atoms with Crippen molar-refractivity contribution in [2.24, 2.45) is 12.0 Å². The van der Waals surface area contributed by atoms with Crippen LogP contribution < -0.4 is 21.3 Å². The summed E-state index contributed by atoms with van der Waals surface area (Å²) in [6, 6.07) is 14.2. The van der Waals surface area contributed by atoms with Gasteiger partial charge in [-0.05, 0) is 48.4 Å². The zero-order valence-corrected chi connectivity index (χ0v) is 35.8. The fourth-order valence-electron chi connectivity index (χ4n) is 8.31. The molecular formula is C45H50FN9O10. The first-order valence-electron chi connectivity index (χ1n) is 21.5. The highest BCUT2D eigenvalue weighted by atomic mass is 19.1. The Morgan fingerprint density at radius 3 is 2.08 bits per heavy atom. The average molecular weight is 896 g/mol. The number of nitrogens with one attached hydrogen (secondary N) is 4. The number of nitrogens with zero attached hydrogens (tertiary/aromatic N) is 5. The Bertz CT molecular complexity index is 2440. The average Bonchev–Trinajstić information content (AvgIpc) is 3.84. The molecule has 3 aromatic carbocycles. The number of fused-ring (bicyclic) bond motifs is 1. The zero-order chi connectivity index (χ0) is 45.3. The van der Waals surface area contributed by atoms with Crippen LogP contribution >= 0.6 is 0 Å². The van der Waals surface area contributed by atoms with Crippen molar-refractivity contribution < 1.29 is 52.0 Å². The lowest BCUT2D eigenvalue weighted by Crippen LogP contribution is -2.54. The van der Waals surface area contributed by atoms with Crippen LogP contribution in [0.25, 0.3) is 0 Å². The minimum atomic E-state index is -1.02. The largest absolute Gasteiger partial charge is 0.383 e. The lowest BCUT2D eigenvalue weighted by molar-refractivity contribution is -0.136. The first-order chi connectivity index (χ1) is 31.7. The van der Waals surface area contributed by atoms with Crippen molar-refractivity contribution in [2.75, 3.05) is 102 Å². The van der Waals surface area contributed by atoms with Crippen LogP contribution in [0, 0.1) is 5.82 Å². The summed E-state index contributed by atoms with van der Waals surface area (Å²) in [5, 5.41) is 16.5. The minimum Gasteiger partial charge on any atom is -0.383 e. The molecule has 3 atom stereocenters. The number of hydrogen-bond donors (Lipinski definition) is 4. The van der Waals surface area contributed by atoms with Gasteiger partial charge in [-0.25, -0.2) is 9.37 Å². The number of ether oxygens (including phenoxy) is 5. The molecule has 0 radical (unpaired) electrons. The normalized spacial score (nSPS) is 18.9. The standard InChI is InChI=1S/C45H50FN9O10/c1-54-42(50-26-51-54)39-40(52-33-24-28(46)23-31-35(56)25-49-41(39)37(31)33)27-5-7-29(8-6-27)47-11-13-61-15-17-63-19-21-65-22-20-64-18-16-62-14-12-48-32-4-2-3-30-38(32)45(60)55(44(30)59)34-9-10-36(57)53-43(34)58/h2-8,23-24,26,34,39-40,47-48,52H,9-22,25H2,1H3,(H,53,57,58)/t34?,39-,40?/m1/s1. The maximum atomic E-state index is 14.6. The molecule has 0 saturated carbocycles. The first kappa shape index (κ1) is 45.1. The fourth-order valence-corrected chi connectivity index (χ4v) is 8.31. The van der Waals surface area contributed by atoms with Gasteiger partial charge < -0.3 is 39.6 Å². The SMILES string of the molecule is Cn1ncnc1[C@H]1C2=NCC(=O)c3cc(F)cc(c32)NC1c1ccc(NCCOCCOCCOCCOCCOCCNc2cccc3c2C(=O)N(C2CCC(=O)NC2=O)C3=O)cc1. The number of benzene rings is 3. The van der Waals surface area contributed by atoms with Crippen molar-refractivity contribution >= 4 is 52.2 Å². The van der Waals surface area contributed by atoms with E-state index >= 15 is 0 Å². The van der Waals surface area contributed by atoms with E-state index in [1.807, 2.05) is 31.3 Å². The molecule has 4 N–H and O–H groups in total. The monoisotopic (exact) mass is 895 g/mol. The highest BCUT2D eigenvalue weighted by Gasteiger charge is 2.46. The molecule has 19 nitrogen and oxygen atoms in total. The molecule has 4 aromatic rings. The number of halogens is 1. The number of carbonyl (C=O) groups excluding carboxylic acids is 5. The molecule has 20 heteroatoms. The van der Waals surface area contributed by atoms with E-state index in [4.69, 9.17) is 23.7 Å². The first-order valence-corrected chi connectivity index (χ1v) is 21.5. The molecule has 8 rings (SSSR count). The maximum Gasteiger partial charge on any atom is 0.264 e. The van der Waals surface area contributed by atoms with E-state index in [1.54, 1.807) is 22.9 Å². The second-order valence-electron chi connectivity index (χ2n) is 15.6. The van der Waals surface area contributed by atoms with Crippen LogP contribution in [-0.2, 0) is 40.3 Å². The van der Waals surface area contributed by atoms with Gasteiger partial charge in [-0.1, -0.05) is 18.2 Å². The van der Waals surface area contributed by atoms with Crippen LogP contribution in [0.3, 0.4) is 0 Å². The summed E-state index contributed by atoms with van der Waals surface area (Å²) >= 11 is 0. The molecule has 0 bridgehead atoms. The number of carbonyl (C=O) groups is 5. The summed E-state index contributed by atoms with van der Waals surface area (Å²) in [5.74, 6) is -2.58. The number of ketones is 1.